The zero-order chi connectivity index (χ0) is 11.1. The predicted octanol–water partition coefficient (Wildman–Crippen LogP) is 2.29. The number of ether oxygens (including phenoxy) is 1. The van der Waals surface area contributed by atoms with Gasteiger partial charge in [-0.2, -0.15) is 0 Å². The maximum absolute atomic E-state index is 5.82. The van der Waals surface area contributed by atoms with Crippen molar-refractivity contribution in [3.63, 3.8) is 0 Å². The minimum atomic E-state index is 0.230. The Hall–Kier alpha value is -0.520. The van der Waals surface area contributed by atoms with Gasteiger partial charge in [-0.3, -0.25) is 4.90 Å². The van der Waals surface area contributed by atoms with Crippen LogP contribution in [0.25, 0.3) is 0 Å². The Morgan fingerprint density at radius 2 is 2.00 bits per heavy atom. The monoisotopic (exact) mass is 209 g/mol. The molecule has 0 radical (unpaired) electrons. The topological polar surface area (TPSA) is 12.5 Å². The molecule has 0 unspecified atom stereocenters. The van der Waals surface area contributed by atoms with Crippen LogP contribution in [0.4, 0.5) is 0 Å². The van der Waals surface area contributed by atoms with E-state index in [1.165, 1.54) is 19.3 Å². The summed E-state index contributed by atoms with van der Waals surface area (Å²) in [6.45, 7) is 9.98. The van der Waals surface area contributed by atoms with Gasteiger partial charge >= 0.3 is 0 Å². The Labute approximate surface area is 94.0 Å². The van der Waals surface area contributed by atoms with Gasteiger partial charge in [0.1, 0.15) is 0 Å². The van der Waals surface area contributed by atoms with E-state index < -0.39 is 0 Å². The Kier molecular flexibility index (Phi) is 5.14. The lowest BCUT2D eigenvalue weighted by Gasteiger charge is -2.51. The SMILES string of the molecule is CC.CC#CCN1CC2(CCCCO2)C1. The van der Waals surface area contributed by atoms with Crippen LogP contribution in [-0.2, 0) is 4.74 Å². The quantitative estimate of drug-likeness (QED) is 0.614. The molecule has 0 aromatic rings. The summed E-state index contributed by atoms with van der Waals surface area (Å²) in [7, 11) is 0. The molecule has 15 heavy (non-hydrogen) atoms. The molecule has 2 heteroatoms. The molecular formula is C13H23NO. The highest BCUT2D eigenvalue weighted by atomic mass is 16.5. The van der Waals surface area contributed by atoms with E-state index in [0.29, 0.717) is 0 Å². The first-order chi connectivity index (χ1) is 7.35. The lowest BCUT2D eigenvalue weighted by molar-refractivity contribution is -0.162. The molecule has 86 valence electrons. The van der Waals surface area contributed by atoms with E-state index in [-0.39, 0.29) is 5.60 Å². The van der Waals surface area contributed by atoms with Crippen LogP contribution < -0.4 is 0 Å². The highest BCUT2D eigenvalue weighted by Crippen LogP contribution is 2.33. The summed E-state index contributed by atoms with van der Waals surface area (Å²) in [5, 5.41) is 0. The molecule has 0 bridgehead atoms. The average molecular weight is 209 g/mol. The Bertz CT molecular complexity index is 225. The molecule has 1 spiro atoms. The molecule has 0 aliphatic carbocycles. The highest BCUT2D eigenvalue weighted by molar-refractivity contribution is 5.05. The molecule has 2 nitrogen and oxygen atoms in total. The maximum Gasteiger partial charge on any atom is 0.0935 e. The fraction of sp³-hybridized carbons (Fsp3) is 0.846. The van der Waals surface area contributed by atoms with Gasteiger partial charge in [-0.1, -0.05) is 19.8 Å². The number of nitrogens with zero attached hydrogens (tertiary/aromatic N) is 1. The first-order valence-corrected chi connectivity index (χ1v) is 6.11. The number of likely N-dealkylation sites (tertiary alicyclic amines) is 1. The molecule has 2 fully saturated rings. The minimum Gasteiger partial charge on any atom is -0.372 e. The third kappa shape index (κ3) is 3.22. The number of hydrogen-bond acceptors (Lipinski definition) is 2. The normalized spacial score (nSPS) is 23.1. The van der Waals surface area contributed by atoms with Crippen molar-refractivity contribution in [3.05, 3.63) is 0 Å². The van der Waals surface area contributed by atoms with Gasteiger partial charge in [-0.05, 0) is 26.2 Å². The van der Waals surface area contributed by atoms with E-state index in [1.54, 1.807) is 0 Å². The van der Waals surface area contributed by atoms with Crippen LogP contribution in [0.3, 0.4) is 0 Å². The van der Waals surface area contributed by atoms with Crippen molar-refractivity contribution in [2.75, 3.05) is 26.2 Å². The molecule has 2 saturated heterocycles. The van der Waals surface area contributed by atoms with Gasteiger partial charge in [0.25, 0.3) is 0 Å². The van der Waals surface area contributed by atoms with E-state index in [4.69, 9.17) is 4.74 Å². The van der Waals surface area contributed by atoms with Crippen LogP contribution in [-0.4, -0.2) is 36.7 Å². The minimum absolute atomic E-state index is 0.230. The summed E-state index contributed by atoms with van der Waals surface area (Å²) in [4.78, 5) is 2.36. The maximum atomic E-state index is 5.82. The molecule has 0 atom stereocenters. The fourth-order valence-electron chi connectivity index (χ4n) is 2.23. The van der Waals surface area contributed by atoms with E-state index in [1.807, 2.05) is 20.8 Å². The van der Waals surface area contributed by atoms with Crippen molar-refractivity contribution in [3.8, 4) is 11.8 Å². The van der Waals surface area contributed by atoms with E-state index in [0.717, 1.165) is 26.2 Å². The standard InChI is InChI=1S/C11H17NO.C2H6/c1-2-3-7-12-9-11(10-12)6-4-5-8-13-11;1-2/h4-10H2,1H3;1-2H3. The number of hydrogen-bond donors (Lipinski definition) is 0. The summed E-state index contributed by atoms with van der Waals surface area (Å²) < 4.78 is 5.82. The molecular weight excluding hydrogens is 186 g/mol. The third-order valence-corrected chi connectivity index (χ3v) is 2.94. The van der Waals surface area contributed by atoms with Crippen LogP contribution in [0.1, 0.15) is 40.0 Å². The van der Waals surface area contributed by atoms with E-state index in [2.05, 4.69) is 16.7 Å². The van der Waals surface area contributed by atoms with Crippen molar-refractivity contribution in [2.45, 2.75) is 45.6 Å². The van der Waals surface area contributed by atoms with Crippen LogP contribution >= 0.6 is 0 Å². The van der Waals surface area contributed by atoms with E-state index >= 15 is 0 Å². The fourth-order valence-corrected chi connectivity index (χ4v) is 2.23. The van der Waals surface area contributed by atoms with Crippen LogP contribution in [0, 0.1) is 11.8 Å². The van der Waals surface area contributed by atoms with Gasteiger partial charge in [0.05, 0.1) is 12.1 Å². The Balaban J connectivity index is 0.000000531. The van der Waals surface area contributed by atoms with Crippen LogP contribution in [0.15, 0.2) is 0 Å². The van der Waals surface area contributed by atoms with Crippen molar-refractivity contribution in [1.29, 1.82) is 0 Å². The summed E-state index contributed by atoms with van der Waals surface area (Å²) in [5.41, 5.74) is 0.230. The zero-order valence-electron chi connectivity index (χ0n) is 10.3. The molecule has 0 amide bonds. The molecule has 0 saturated carbocycles. The van der Waals surface area contributed by atoms with Crippen LogP contribution in [0.2, 0.25) is 0 Å². The van der Waals surface area contributed by atoms with Crippen molar-refractivity contribution in [2.24, 2.45) is 0 Å². The highest BCUT2D eigenvalue weighted by Gasteiger charge is 2.44. The van der Waals surface area contributed by atoms with Crippen LogP contribution in [0.5, 0.6) is 0 Å². The molecule has 2 rings (SSSR count). The second-order valence-corrected chi connectivity index (χ2v) is 4.06. The van der Waals surface area contributed by atoms with Crippen molar-refractivity contribution >= 4 is 0 Å². The second kappa shape index (κ2) is 6.15. The summed E-state index contributed by atoms with van der Waals surface area (Å²) in [5.74, 6) is 6.02. The third-order valence-electron chi connectivity index (χ3n) is 2.94. The summed E-state index contributed by atoms with van der Waals surface area (Å²) in [6.07, 6.45) is 3.84. The first kappa shape index (κ1) is 12.5. The van der Waals surface area contributed by atoms with Gasteiger partial charge in [0.15, 0.2) is 0 Å². The molecule has 0 aromatic carbocycles. The molecule has 2 aliphatic rings. The summed E-state index contributed by atoms with van der Waals surface area (Å²) in [6, 6.07) is 0. The lowest BCUT2D eigenvalue weighted by atomic mass is 9.86. The van der Waals surface area contributed by atoms with Gasteiger partial charge in [-0.15, -0.1) is 5.92 Å². The average Bonchev–Trinajstić information content (AvgIpc) is 2.27. The first-order valence-electron chi connectivity index (χ1n) is 6.11. The molecule has 2 aliphatic heterocycles. The summed E-state index contributed by atoms with van der Waals surface area (Å²) >= 11 is 0. The van der Waals surface area contributed by atoms with Crippen molar-refractivity contribution in [1.82, 2.24) is 4.90 Å². The second-order valence-electron chi connectivity index (χ2n) is 4.06. The van der Waals surface area contributed by atoms with Crippen molar-refractivity contribution < 1.29 is 4.74 Å². The van der Waals surface area contributed by atoms with Gasteiger partial charge in [0, 0.05) is 19.7 Å². The van der Waals surface area contributed by atoms with Gasteiger partial charge in [0.2, 0.25) is 0 Å². The van der Waals surface area contributed by atoms with E-state index in [9.17, 15) is 0 Å². The predicted molar refractivity (Wildman–Crippen MR) is 63.8 cm³/mol. The molecule has 2 heterocycles. The molecule has 0 aromatic heterocycles. The lowest BCUT2D eigenvalue weighted by Crippen LogP contribution is -2.64. The zero-order valence-corrected chi connectivity index (χ0v) is 10.3. The van der Waals surface area contributed by atoms with Gasteiger partial charge < -0.3 is 4.74 Å². The largest absolute Gasteiger partial charge is 0.372 e. The smallest absolute Gasteiger partial charge is 0.0935 e. The number of rotatable bonds is 1. The van der Waals surface area contributed by atoms with Gasteiger partial charge in [-0.25, -0.2) is 0 Å². The Morgan fingerprint density at radius 1 is 1.27 bits per heavy atom. The molecule has 0 N–H and O–H groups in total. The Morgan fingerprint density at radius 3 is 2.53 bits per heavy atom.